The van der Waals surface area contributed by atoms with Crippen molar-refractivity contribution < 1.29 is 4.79 Å². The number of rotatable bonds is 4. The lowest BCUT2D eigenvalue weighted by atomic mass is 10.0. The predicted octanol–water partition coefficient (Wildman–Crippen LogP) is 1.67. The normalized spacial score (nSPS) is 12.4. The summed E-state index contributed by atoms with van der Waals surface area (Å²) in [5, 5.41) is 2.87. The fourth-order valence-electron chi connectivity index (χ4n) is 1.49. The predicted molar refractivity (Wildman–Crippen MR) is 72.2 cm³/mol. The molecule has 0 saturated carbocycles. The van der Waals surface area contributed by atoms with Gasteiger partial charge in [-0.25, -0.2) is 0 Å². The summed E-state index contributed by atoms with van der Waals surface area (Å²) in [5.41, 5.74) is 7.57. The van der Waals surface area contributed by atoms with E-state index in [2.05, 4.69) is 5.32 Å². The molecule has 4 heteroatoms. The largest absolute Gasteiger partial charge is 0.376 e. The molecule has 17 heavy (non-hydrogen) atoms. The van der Waals surface area contributed by atoms with Crippen molar-refractivity contribution in [2.45, 2.75) is 19.9 Å². The van der Waals surface area contributed by atoms with Gasteiger partial charge in [0.05, 0.1) is 17.4 Å². The number of carbonyl (C=O) groups excluding carboxylic acids is 1. The Bertz CT molecular complexity index is 388. The molecule has 0 heterocycles. The van der Waals surface area contributed by atoms with Gasteiger partial charge in [0.15, 0.2) is 0 Å². The van der Waals surface area contributed by atoms with Gasteiger partial charge in [0, 0.05) is 14.1 Å². The highest BCUT2D eigenvalue weighted by atomic mass is 16.2. The van der Waals surface area contributed by atoms with Gasteiger partial charge < -0.3 is 16.0 Å². The fraction of sp³-hybridized carbons (Fsp3) is 0.462. The summed E-state index contributed by atoms with van der Waals surface area (Å²) in [6.07, 6.45) is 0. The minimum atomic E-state index is -0.481. The first-order valence-corrected chi connectivity index (χ1v) is 5.76. The number of carbonyl (C=O) groups is 1. The maximum atomic E-state index is 11.9. The van der Waals surface area contributed by atoms with Crippen LogP contribution in [-0.4, -0.2) is 26.0 Å². The molecule has 1 rings (SSSR count). The number of nitrogens with one attached hydrogen (secondary N) is 1. The maximum absolute atomic E-state index is 11.9. The van der Waals surface area contributed by atoms with Crippen LogP contribution in [0.15, 0.2) is 24.3 Å². The van der Waals surface area contributed by atoms with Crippen LogP contribution < -0.4 is 16.0 Å². The van der Waals surface area contributed by atoms with E-state index in [4.69, 9.17) is 5.73 Å². The van der Waals surface area contributed by atoms with Crippen LogP contribution in [0, 0.1) is 5.92 Å². The highest BCUT2D eigenvalue weighted by molar-refractivity contribution is 5.97. The molecule has 1 aromatic carbocycles. The van der Waals surface area contributed by atoms with Crippen LogP contribution in [-0.2, 0) is 4.79 Å². The summed E-state index contributed by atoms with van der Waals surface area (Å²) in [5.74, 6) is -0.0178. The molecule has 0 fully saturated rings. The van der Waals surface area contributed by atoms with Crippen molar-refractivity contribution in [2.75, 3.05) is 24.3 Å². The summed E-state index contributed by atoms with van der Waals surface area (Å²) in [4.78, 5) is 13.8. The zero-order valence-electron chi connectivity index (χ0n) is 10.9. The number of hydrogen-bond donors (Lipinski definition) is 2. The zero-order valence-corrected chi connectivity index (χ0v) is 10.9. The third-order valence-electron chi connectivity index (χ3n) is 2.66. The molecule has 1 amide bonds. The number of benzene rings is 1. The zero-order chi connectivity index (χ0) is 13.0. The van der Waals surface area contributed by atoms with Crippen molar-refractivity contribution in [2.24, 2.45) is 11.7 Å². The molecular weight excluding hydrogens is 214 g/mol. The second kappa shape index (κ2) is 5.68. The minimum absolute atomic E-state index is 0.126. The highest BCUT2D eigenvalue weighted by Gasteiger charge is 2.18. The van der Waals surface area contributed by atoms with Crippen LogP contribution in [0.1, 0.15) is 13.8 Å². The Morgan fingerprint density at radius 1 is 1.29 bits per heavy atom. The van der Waals surface area contributed by atoms with E-state index >= 15 is 0 Å². The van der Waals surface area contributed by atoms with Crippen molar-refractivity contribution in [1.29, 1.82) is 0 Å². The summed E-state index contributed by atoms with van der Waals surface area (Å²) in [6.45, 7) is 3.87. The van der Waals surface area contributed by atoms with Crippen molar-refractivity contribution in [3.05, 3.63) is 24.3 Å². The standard InChI is InChI=1S/C13H21N3O/c1-9(2)12(14)13(17)15-10-7-5-6-8-11(10)16(3)4/h5-9,12H,14H2,1-4H3,(H,15,17)/t12-/m0/s1. The Balaban J connectivity index is 2.85. The monoisotopic (exact) mass is 235 g/mol. The third-order valence-corrected chi connectivity index (χ3v) is 2.66. The first-order valence-electron chi connectivity index (χ1n) is 5.76. The van der Waals surface area contributed by atoms with Crippen LogP contribution in [0.4, 0.5) is 11.4 Å². The van der Waals surface area contributed by atoms with E-state index in [9.17, 15) is 4.79 Å². The Morgan fingerprint density at radius 2 is 1.88 bits per heavy atom. The van der Waals surface area contributed by atoms with Crippen LogP contribution in [0.2, 0.25) is 0 Å². The van der Waals surface area contributed by atoms with Crippen LogP contribution in [0.25, 0.3) is 0 Å². The summed E-state index contributed by atoms with van der Waals surface area (Å²) in [7, 11) is 3.88. The molecule has 0 aromatic heterocycles. The summed E-state index contributed by atoms with van der Waals surface area (Å²) < 4.78 is 0. The molecule has 0 aliphatic heterocycles. The van der Waals surface area contributed by atoms with Gasteiger partial charge in [-0.2, -0.15) is 0 Å². The molecule has 0 aliphatic carbocycles. The van der Waals surface area contributed by atoms with E-state index in [0.717, 1.165) is 11.4 Å². The lowest BCUT2D eigenvalue weighted by molar-refractivity contribution is -0.118. The van der Waals surface area contributed by atoms with Gasteiger partial charge in [-0.3, -0.25) is 4.79 Å². The average molecular weight is 235 g/mol. The Labute approximate surface area is 103 Å². The number of nitrogens with two attached hydrogens (primary N) is 1. The SMILES string of the molecule is CC(C)[C@H](N)C(=O)Nc1ccccc1N(C)C. The fourth-order valence-corrected chi connectivity index (χ4v) is 1.49. The van der Waals surface area contributed by atoms with Crippen LogP contribution in [0.5, 0.6) is 0 Å². The molecule has 0 aliphatic rings. The summed E-state index contributed by atoms with van der Waals surface area (Å²) in [6, 6.07) is 7.18. The Morgan fingerprint density at radius 3 is 2.41 bits per heavy atom. The van der Waals surface area contributed by atoms with Gasteiger partial charge in [0.1, 0.15) is 0 Å². The second-order valence-electron chi connectivity index (χ2n) is 4.67. The Hall–Kier alpha value is -1.55. The van der Waals surface area contributed by atoms with Gasteiger partial charge in [-0.1, -0.05) is 26.0 Å². The maximum Gasteiger partial charge on any atom is 0.241 e. The summed E-state index contributed by atoms with van der Waals surface area (Å²) >= 11 is 0. The van der Waals surface area contributed by atoms with E-state index in [1.807, 2.05) is 57.1 Å². The molecule has 0 unspecified atom stereocenters. The average Bonchev–Trinajstić information content (AvgIpc) is 2.28. The quantitative estimate of drug-likeness (QED) is 0.834. The van der Waals surface area contributed by atoms with Gasteiger partial charge in [0.25, 0.3) is 0 Å². The van der Waals surface area contributed by atoms with Crippen molar-refractivity contribution in [1.82, 2.24) is 0 Å². The van der Waals surface area contributed by atoms with Crippen molar-refractivity contribution >= 4 is 17.3 Å². The lowest BCUT2D eigenvalue weighted by Crippen LogP contribution is -2.40. The van der Waals surface area contributed by atoms with Gasteiger partial charge in [-0.05, 0) is 18.1 Å². The molecule has 4 nitrogen and oxygen atoms in total. The van der Waals surface area contributed by atoms with Gasteiger partial charge in [-0.15, -0.1) is 0 Å². The molecular formula is C13H21N3O. The second-order valence-corrected chi connectivity index (χ2v) is 4.67. The smallest absolute Gasteiger partial charge is 0.241 e. The Kier molecular flexibility index (Phi) is 4.52. The van der Waals surface area contributed by atoms with E-state index < -0.39 is 6.04 Å². The van der Waals surface area contributed by atoms with Gasteiger partial charge in [0.2, 0.25) is 5.91 Å². The van der Waals surface area contributed by atoms with Crippen molar-refractivity contribution in [3.8, 4) is 0 Å². The number of para-hydroxylation sites is 2. The lowest BCUT2D eigenvalue weighted by Gasteiger charge is -2.20. The number of anilines is 2. The molecule has 0 radical (unpaired) electrons. The van der Waals surface area contributed by atoms with E-state index in [0.29, 0.717) is 0 Å². The molecule has 3 N–H and O–H groups in total. The minimum Gasteiger partial charge on any atom is -0.376 e. The van der Waals surface area contributed by atoms with Gasteiger partial charge >= 0.3 is 0 Å². The van der Waals surface area contributed by atoms with E-state index in [1.54, 1.807) is 0 Å². The highest BCUT2D eigenvalue weighted by Crippen LogP contribution is 2.23. The molecule has 1 atom stereocenters. The molecule has 0 bridgehead atoms. The van der Waals surface area contributed by atoms with Crippen LogP contribution in [0.3, 0.4) is 0 Å². The first kappa shape index (κ1) is 13.5. The number of amides is 1. The molecule has 1 aromatic rings. The molecule has 0 saturated heterocycles. The van der Waals surface area contributed by atoms with E-state index in [-0.39, 0.29) is 11.8 Å². The van der Waals surface area contributed by atoms with E-state index in [1.165, 1.54) is 0 Å². The first-order chi connectivity index (χ1) is 7.93. The topological polar surface area (TPSA) is 58.4 Å². The third kappa shape index (κ3) is 3.46. The van der Waals surface area contributed by atoms with Crippen molar-refractivity contribution in [3.63, 3.8) is 0 Å². The number of nitrogens with zero attached hydrogens (tertiary/aromatic N) is 1. The molecule has 0 spiro atoms. The molecule has 94 valence electrons. The number of hydrogen-bond acceptors (Lipinski definition) is 3. The van der Waals surface area contributed by atoms with Crippen LogP contribution >= 0.6 is 0 Å².